The van der Waals surface area contributed by atoms with E-state index in [1.165, 1.54) is 12.1 Å². The van der Waals surface area contributed by atoms with Gasteiger partial charge in [-0.15, -0.1) is 0 Å². The van der Waals surface area contributed by atoms with Crippen LogP contribution in [-0.4, -0.2) is 52.1 Å². The van der Waals surface area contributed by atoms with Gasteiger partial charge in [-0.05, 0) is 49.1 Å². The van der Waals surface area contributed by atoms with Gasteiger partial charge in [-0.3, -0.25) is 4.79 Å². The van der Waals surface area contributed by atoms with E-state index in [-0.39, 0.29) is 18.1 Å². The largest absolute Gasteiger partial charge is 0.354 e. The highest BCUT2D eigenvalue weighted by Crippen LogP contribution is 2.39. The van der Waals surface area contributed by atoms with Crippen LogP contribution in [0.1, 0.15) is 36.6 Å². The topological polar surface area (TPSA) is 75.4 Å². The van der Waals surface area contributed by atoms with Crippen LogP contribution in [0.2, 0.25) is 0 Å². The summed E-state index contributed by atoms with van der Waals surface area (Å²) in [6.45, 7) is 2.75. The van der Waals surface area contributed by atoms with Crippen molar-refractivity contribution in [3.8, 4) is 11.5 Å². The molecule has 5 rings (SSSR count). The molecule has 1 aromatic carbocycles. The fraction of sp³-hybridized carbons (Fsp3) is 0.391. The molecule has 0 N–H and O–H groups in total. The van der Waals surface area contributed by atoms with Crippen LogP contribution < -0.4 is 4.90 Å². The third kappa shape index (κ3) is 4.42. The summed E-state index contributed by atoms with van der Waals surface area (Å²) in [6, 6.07) is 9.93. The molecule has 2 aliphatic rings. The van der Waals surface area contributed by atoms with Crippen molar-refractivity contribution in [3.63, 3.8) is 0 Å². The van der Waals surface area contributed by atoms with E-state index in [4.69, 9.17) is 4.52 Å². The summed E-state index contributed by atoms with van der Waals surface area (Å²) in [6.07, 6.45) is 5.11. The van der Waals surface area contributed by atoms with Crippen molar-refractivity contribution in [1.82, 2.24) is 20.0 Å². The Bertz CT molecular complexity index is 1060. The number of pyridine rings is 1. The number of hydrogen-bond acceptors (Lipinski definition) is 6. The summed E-state index contributed by atoms with van der Waals surface area (Å²) in [5.41, 5.74) is 1.65. The highest BCUT2D eigenvalue weighted by molar-refractivity contribution is 5.79. The molecule has 3 heterocycles. The monoisotopic (exact) mass is 421 g/mol. The number of halogens is 1. The van der Waals surface area contributed by atoms with Crippen LogP contribution in [0.15, 0.2) is 47.1 Å². The van der Waals surface area contributed by atoms with Crippen LogP contribution in [0, 0.1) is 5.82 Å². The lowest BCUT2D eigenvalue weighted by Crippen LogP contribution is -2.36. The summed E-state index contributed by atoms with van der Waals surface area (Å²) in [4.78, 5) is 26.0. The fourth-order valence-electron chi connectivity index (χ4n) is 3.93. The number of anilines is 1. The first-order valence-electron chi connectivity index (χ1n) is 10.7. The van der Waals surface area contributed by atoms with Crippen molar-refractivity contribution in [2.75, 3.05) is 31.1 Å². The third-order valence-electron chi connectivity index (χ3n) is 5.82. The Morgan fingerprint density at radius 3 is 2.74 bits per heavy atom. The first-order chi connectivity index (χ1) is 15.2. The summed E-state index contributed by atoms with van der Waals surface area (Å²) in [5.74, 6) is 2.27. The molecular weight excluding hydrogens is 397 g/mol. The van der Waals surface area contributed by atoms with Gasteiger partial charge >= 0.3 is 0 Å². The van der Waals surface area contributed by atoms with E-state index in [0.717, 1.165) is 48.6 Å². The summed E-state index contributed by atoms with van der Waals surface area (Å²) < 4.78 is 18.6. The van der Waals surface area contributed by atoms with E-state index in [2.05, 4.69) is 20.0 Å². The maximum absolute atomic E-state index is 13.1. The molecule has 7 nitrogen and oxygen atoms in total. The minimum absolute atomic E-state index is 0.0562. The number of amides is 1. The van der Waals surface area contributed by atoms with Crippen molar-refractivity contribution >= 4 is 11.7 Å². The molecule has 0 unspecified atom stereocenters. The second kappa shape index (κ2) is 8.45. The predicted octanol–water partition coefficient (Wildman–Crippen LogP) is 3.43. The molecule has 2 aromatic heterocycles. The van der Waals surface area contributed by atoms with Gasteiger partial charge in [0, 0.05) is 38.3 Å². The fourth-order valence-corrected chi connectivity index (χ4v) is 3.93. The van der Waals surface area contributed by atoms with E-state index >= 15 is 0 Å². The van der Waals surface area contributed by atoms with Crippen LogP contribution in [0.5, 0.6) is 0 Å². The van der Waals surface area contributed by atoms with Crippen molar-refractivity contribution in [2.45, 2.75) is 31.6 Å². The van der Waals surface area contributed by atoms with Gasteiger partial charge in [0.25, 0.3) is 5.89 Å². The molecule has 0 bridgehead atoms. The number of aromatic nitrogens is 3. The van der Waals surface area contributed by atoms with Gasteiger partial charge < -0.3 is 14.3 Å². The van der Waals surface area contributed by atoms with Crippen LogP contribution >= 0.6 is 0 Å². The third-order valence-corrected chi connectivity index (χ3v) is 5.82. The molecule has 0 spiro atoms. The second-order valence-electron chi connectivity index (χ2n) is 8.13. The molecule has 3 aromatic rings. The van der Waals surface area contributed by atoms with Gasteiger partial charge in [0.1, 0.15) is 11.6 Å². The van der Waals surface area contributed by atoms with Gasteiger partial charge in [0.15, 0.2) is 5.82 Å². The van der Waals surface area contributed by atoms with E-state index in [0.29, 0.717) is 31.4 Å². The zero-order valence-corrected chi connectivity index (χ0v) is 17.2. The van der Waals surface area contributed by atoms with Gasteiger partial charge in [-0.25, -0.2) is 9.37 Å². The molecular formula is C23H24FN5O2. The number of carbonyl (C=O) groups excluding carboxylic acids is 1. The summed E-state index contributed by atoms with van der Waals surface area (Å²) in [5, 5.41) is 4.13. The molecule has 1 saturated heterocycles. The molecule has 0 atom stereocenters. The Morgan fingerprint density at radius 1 is 1.10 bits per heavy atom. The molecule has 1 amide bonds. The minimum atomic E-state index is -0.293. The molecule has 0 radical (unpaired) electrons. The molecule has 1 aliphatic carbocycles. The lowest BCUT2D eigenvalue weighted by molar-refractivity contribution is -0.130. The minimum Gasteiger partial charge on any atom is -0.354 e. The average Bonchev–Trinajstić information content (AvgIpc) is 3.57. The first-order valence-corrected chi connectivity index (χ1v) is 10.7. The standard InChI is InChI=1S/C23H24FN5O2/c24-18-8-4-16(5-9-18)15-20(30)28-11-2-12-29(14-13-28)22-19(3-1-10-25-22)23-26-21(27-31-23)17-6-7-17/h1,3-5,8-10,17H,2,6-7,11-15H2. The van der Waals surface area contributed by atoms with Crippen LogP contribution in [0.4, 0.5) is 10.2 Å². The van der Waals surface area contributed by atoms with Crippen molar-refractivity contribution in [1.29, 1.82) is 0 Å². The first kappa shape index (κ1) is 19.7. The second-order valence-corrected chi connectivity index (χ2v) is 8.13. The number of carbonyl (C=O) groups is 1. The van der Waals surface area contributed by atoms with E-state index < -0.39 is 0 Å². The number of hydrogen-bond donors (Lipinski definition) is 0. The average molecular weight is 421 g/mol. The van der Waals surface area contributed by atoms with Crippen LogP contribution in [0.3, 0.4) is 0 Å². The predicted molar refractivity (Wildman–Crippen MR) is 113 cm³/mol. The molecule has 1 aliphatic heterocycles. The van der Waals surface area contributed by atoms with Gasteiger partial charge in [0.2, 0.25) is 5.91 Å². The highest BCUT2D eigenvalue weighted by Gasteiger charge is 2.30. The number of nitrogens with zero attached hydrogens (tertiary/aromatic N) is 5. The van der Waals surface area contributed by atoms with E-state index in [9.17, 15) is 9.18 Å². The molecule has 31 heavy (non-hydrogen) atoms. The zero-order chi connectivity index (χ0) is 21.2. The van der Waals surface area contributed by atoms with Crippen molar-refractivity contribution < 1.29 is 13.7 Å². The molecule has 160 valence electrons. The van der Waals surface area contributed by atoms with E-state index in [1.54, 1.807) is 18.3 Å². The van der Waals surface area contributed by atoms with Gasteiger partial charge in [0.05, 0.1) is 12.0 Å². The van der Waals surface area contributed by atoms with Gasteiger partial charge in [-0.1, -0.05) is 17.3 Å². The molecule has 8 heteroatoms. The Hall–Kier alpha value is -3.29. The quantitative estimate of drug-likeness (QED) is 0.628. The van der Waals surface area contributed by atoms with Gasteiger partial charge in [-0.2, -0.15) is 4.98 Å². The smallest absolute Gasteiger partial charge is 0.261 e. The van der Waals surface area contributed by atoms with Crippen molar-refractivity contribution in [2.24, 2.45) is 0 Å². The Kier molecular flexibility index (Phi) is 5.36. The zero-order valence-electron chi connectivity index (χ0n) is 17.2. The highest BCUT2D eigenvalue weighted by atomic mass is 19.1. The van der Waals surface area contributed by atoms with Crippen molar-refractivity contribution in [3.05, 3.63) is 59.8 Å². The lowest BCUT2D eigenvalue weighted by atomic mass is 10.1. The van der Waals surface area contributed by atoms with Crippen LogP contribution in [0.25, 0.3) is 11.5 Å². The maximum Gasteiger partial charge on any atom is 0.261 e. The summed E-state index contributed by atoms with van der Waals surface area (Å²) in [7, 11) is 0. The molecule has 1 saturated carbocycles. The lowest BCUT2D eigenvalue weighted by Gasteiger charge is -2.24. The normalized spacial score (nSPS) is 16.9. The van der Waals surface area contributed by atoms with Crippen LogP contribution in [-0.2, 0) is 11.2 Å². The Labute approximate surface area is 179 Å². The maximum atomic E-state index is 13.1. The SMILES string of the molecule is O=C(Cc1ccc(F)cc1)N1CCCN(c2ncccc2-c2nc(C3CC3)no2)CC1. The molecule has 2 fully saturated rings. The Balaban J connectivity index is 1.28. The number of rotatable bonds is 5. The van der Waals surface area contributed by atoms with E-state index in [1.807, 2.05) is 17.0 Å². The number of benzene rings is 1. The summed E-state index contributed by atoms with van der Waals surface area (Å²) >= 11 is 0. The Morgan fingerprint density at radius 2 is 1.94 bits per heavy atom.